The van der Waals surface area contributed by atoms with Gasteiger partial charge in [-0.3, -0.25) is 4.79 Å². The molecule has 0 radical (unpaired) electrons. The van der Waals surface area contributed by atoms with Crippen molar-refractivity contribution in [2.24, 2.45) is 11.8 Å². The molecule has 1 aliphatic carbocycles. The van der Waals surface area contributed by atoms with Gasteiger partial charge in [-0.25, -0.2) is 9.78 Å². The number of nitrogens with zero attached hydrogens (tertiary/aromatic N) is 2. The average Bonchev–Trinajstić information content (AvgIpc) is 3.51. The molecule has 0 unspecified atom stereocenters. The van der Waals surface area contributed by atoms with E-state index in [2.05, 4.69) is 4.98 Å². The van der Waals surface area contributed by atoms with Crippen molar-refractivity contribution in [1.82, 2.24) is 9.88 Å². The zero-order valence-electron chi connectivity index (χ0n) is 18.2. The lowest BCUT2D eigenvalue weighted by Crippen LogP contribution is -2.35. The van der Waals surface area contributed by atoms with Crippen molar-refractivity contribution < 1.29 is 42.1 Å². The molecule has 1 N–H and O–H groups in total. The van der Waals surface area contributed by atoms with Crippen LogP contribution in [0.1, 0.15) is 32.1 Å². The average molecular weight is 474 g/mol. The van der Waals surface area contributed by atoms with Crippen molar-refractivity contribution in [3.05, 3.63) is 24.4 Å². The number of rotatable bonds is 7. The smallest absolute Gasteiger partial charge is 0.478 e. The number of carboxylic acids is 1. The molecule has 4 rings (SSSR count). The molecule has 3 fully saturated rings. The summed E-state index contributed by atoms with van der Waals surface area (Å²) in [5, 5.41) is 7.12. The van der Waals surface area contributed by atoms with Gasteiger partial charge >= 0.3 is 12.1 Å². The van der Waals surface area contributed by atoms with Gasteiger partial charge in [-0.05, 0) is 31.2 Å². The van der Waals surface area contributed by atoms with Gasteiger partial charge in [0.1, 0.15) is 6.61 Å². The van der Waals surface area contributed by atoms with Crippen molar-refractivity contribution in [3.8, 4) is 5.88 Å². The van der Waals surface area contributed by atoms with Crippen molar-refractivity contribution in [2.45, 2.75) is 50.5 Å². The second kappa shape index (κ2) is 11.6. The summed E-state index contributed by atoms with van der Waals surface area (Å²) in [5.74, 6) is -1.13. The predicted octanol–water partition coefficient (Wildman–Crippen LogP) is 2.92. The largest absolute Gasteiger partial charge is 0.490 e. The standard InChI is InChI=1S/C20H28N2O4.C2HF3O2/c23-20(14-25-16-5-1-2-6-16)22-11-17-15(13-26-18(17)12-22)8-10-24-19-7-3-4-9-21-19;3-2(4,5)1(6)7/h3-4,7,9,15-18H,1-2,5-6,8,10-14H2;(H,6,7)/t15-,17-,18-;/m0./s1. The van der Waals surface area contributed by atoms with E-state index in [9.17, 15) is 18.0 Å². The van der Waals surface area contributed by atoms with Crippen molar-refractivity contribution in [1.29, 1.82) is 0 Å². The number of aromatic nitrogens is 1. The molecule has 11 heteroatoms. The number of likely N-dealkylation sites (tertiary alicyclic amines) is 1. The molecule has 2 aliphatic heterocycles. The molecule has 0 spiro atoms. The summed E-state index contributed by atoms with van der Waals surface area (Å²) < 4.78 is 49.2. The van der Waals surface area contributed by atoms with Crippen LogP contribution in [0, 0.1) is 11.8 Å². The number of halogens is 3. The van der Waals surface area contributed by atoms with E-state index in [-0.39, 0.29) is 24.7 Å². The zero-order chi connectivity index (χ0) is 23.8. The Morgan fingerprint density at radius 3 is 2.58 bits per heavy atom. The molecule has 3 heterocycles. The van der Waals surface area contributed by atoms with Crippen LogP contribution in [0.5, 0.6) is 5.88 Å². The summed E-state index contributed by atoms with van der Waals surface area (Å²) in [6, 6.07) is 5.67. The van der Waals surface area contributed by atoms with Crippen LogP contribution < -0.4 is 4.74 Å². The summed E-state index contributed by atoms with van der Waals surface area (Å²) in [5.41, 5.74) is 0. The first-order chi connectivity index (χ1) is 15.7. The number of pyridine rings is 1. The number of carboxylic acid groups (broad SMARTS) is 1. The third kappa shape index (κ3) is 7.56. The maximum absolute atomic E-state index is 12.5. The number of amides is 1. The van der Waals surface area contributed by atoms with Crippen LogP contribution in [-0.4, -0.2) is 78.2 Å². The minimum absolute atomic E-state index is 0.110. The number of hydrogen-bond acceptors (Lipinski definition) is 6. The molecule has 184 valence electrons. The van der Waals surface area contributed by atoms with E-state index in [1.807, 2.05) is 23.1 Å². The summed E-state index contributed by atoms with van der Waals surface area (Å²) in [6.07, 6.45) is 2.68. The van der Waals surface area contributed by atoms with Crippen molar-refractivity contribution >= 4 is 11.9 Å². The highest BCUT2D eigenvalue weighted by Crippen LogP contribution is 2.35. The van der Waals surface area contributed by atoms with Gasteiger partial charge in [0.2, 0.25) is 11.8 Å². The zero-order valence-corrected chi connectivity index (χ0v) is 18.2. The number of ether oxygens (including phenoxy) is 3. The molecular formula is C22H29F3N2O6. The Hall–Kier alpha value is -2.40. The number of fused-ring (bicyclic) bond motifs is 1. The Labute approximate surface area is 190 Å². The lowest BCUT2D eigenvalue weighted by molar-refractivity contribution is -0.192. The Morgan fingerprint density at radius 2 is 1.94 bits per heavy atom. The SMILES string of the molecule is O=C(COC1CCCC1)N1C[C@H]2[C@@H](CCOc3ccccn3)CO[C@H]2C1.O=C(O)C(F)(F)F. The second-order valence-corrected chi connectivity index (χ2v) is 8.42. The number of aliphatic carboxylic acids is 1. The van der Waals surface area contributed by atoms with Gasteiger partial charge in [0, 0.05) is 31.3 Å². The highest BCUT2D eigenvalue weighted by atomic mass is 19.4. The molecule has 0 aromatic carbocycles. The summed E-state index contributed by atoms with van der Waals surface area (Å²) in [7, 11) is 0. The molecule has 1 aromatic rings. The number of carbonyl (C=O) groups excluding carboxylic acids is 1. The van der Waals surface area contributed by atoms with E-state index in [0.29, 0.717) is 30.9 Å². The number of hydrogen-bond donors (Lipinski definition) is 1. The minimum Gasteiger partial charge on any atom is -0.478 e. The van der Waals surface area contributed by atoms with Crippen LogP contribution in [0.3, 0.4) is 0 Å². The topological polar surface area (TPSA) is 98.2 Å². The predicted molar refractivity (Wildman–Crippen MR) is 110 cm³/mol. The third-order valence-electron chi connectivity index (χ3n) is 6.16. The fourth-order valence-electron chi connectivity index (χ4n) is 4.38. The monoisotopic (exact) mass is 474 g/mol. The summed E-state index contributed by atoms with van der Waals surface area (Å²) in [6.45, 7) is 3.10. The van der Waals surface area contributed by atoms with E-state index in [1.54, 1.807) is 6.20 Å². The van der Waals surface area contributed by atoms with Crippen molar-refractivity contribution in [2.75, 3.05) is 32.9 Å². The van der Waals surface area contributed by atoms with Gasteiger partial charge in [0.05, 0.1) is 25.4 Å². The first-order valence-electron chi connectivity index (χ1n) is 11.1. The van der Waals surface area contributed by atoms with Crippen molar-refractivity contribution in [3.63, 3.8) is 0 Å². The van der Waals surface area contributed by atoms with E-state index in [1.165, 1.54) is 12.8 Å². The Balaban J connectivity index is 0.000000383. The molecular weight excluding hydrogens is 445 g/mol. The summed E-state index contributed by atoms with van der Waals surface area (Å²) in [4.78, 5) is 27.5. The molecule has 33 heavy (non-hydrogen) atoms. The lowest BCUT2D eigenvalue weighted by Gasteiger charge is -2.21. The maximum atomic E-state index is 12.5. The van der Waals surface area contributed by atoms with Crippen LogP contribution in [-0.2, 0) is 19.1 Å². The number of carbonyl (C=O) groups is 2. The maximum Gasteiger partial charge on any atom is 0.490 e. The van der Waals surface area contributed by atoms with Gasteiger partial charge in [0.25, 0.3) is 0 Å². The van der Waals surface area contributed by atoms with Gasteiger partial charge in [0.15, 0.2) is 0 Å². The fraction of sp³-hybridized carbons (Fsp3) is 0.682. The first-order valence-corrected chi connectivity index (χ1v) is 11.1. The van der Waals surface area contributed by atoms with Crippen LogP contribution >= 0.6 is 0 Å². The van der Waals surface area contributed by atoms with Gasteiger partial charge in [-0.2, -0.15) is 13.2 Å². The molecule has 1 aromatic heterocycles. The van der Waals surface area contributed by atoms with Gasteiger partial charge in [-0.15, -0.1) is 0 Å². The van der Waals surface area contributed by atoms with E-state index >= 15 is 0 Å². The molecule has 1 amide bonds. The lowest BCUT2D eigenvalue weighted by atomic mass is 9.91. The quantitative estimate of drug-likeness (QED) is 0.649. The molecule has 1 saturated carbocycles. The Kier molecular flexibility index (Phi) is 8.90. The highest BCUT2D eigenvalue weighted by molar-refractivity contribution is 5.78. The van der Waals surface area contributed by atoms with E-state index in [0.717, 1.165) is 32.4 Å². The highest BCUT2D eigenvalue weighted by Gasteiger charge is 2.45. The van der Waals surface area contributed by atoms with Crippen LogP contribution in [0.4, 0.5) is 13.2 Å². The molecule has 3 aliphatic rings. The van der Waals surface area contributed by atoms with Gasteiger partial charge < -0.3 is 24.2 Å². The fourth-order valence-corrected chi connectivity index (χ4v) is 4.38. The third-order valence-corrected chi connectivity index (χ3v) is 6.16. The Bertz CT molecular complexity index is 773. The molecule has 8 nitrogen and oxygen atoms in total. The number of alkyl halides is 3. The van der Waals surface area contributed by atoms with Crippen LogP contribution in [0.25, 0.3) is 0 Å². The van der Waals surface area contributed by atoms with E-state index < -0.39 is 12.1 Å². The molecule has 2 saturated heterocycles. The van der Waals surface area contributed by atoms with Crippen LogP contribution in [0.2, 0.25) is 0 Å². The first kappa shape index (κ1) is 25.2. The van der Waals surface area contributed by atoms with Crippen LogP contribution in [0.15, 0.2) is 24.4 Å². The minimum atomic E-state index is -5.08. The van der Waals surface area contributed by atoms with E-state index in [4.69, 9.17) is 24.1 Å². The molecule has 3 atom stereocenters. The Morgan fingerprint density at radius 1 is 1.21 bits per heavy atom. The molecule has 0 bridgehead atoms. The normalized spacial score (nSPS) is 24.8. The van der Waals surface area contributed by atoms with Gasteiger partial charge in [-0.1, -0.05) is 18.9 Å². The second-order valence-electron chi connectivity index (χ2n) is 8.42. The summed E-state index contributed by atoms with van der Waals surface area (Å²) >= 11 is 0.